The van der Waals surface area contributed by atoms with E-state index in [4.69, 9.17) is 16.5 Å². The summed E-state index contributed by atoms with van der Waals surface area (Å²) < 4.78 is 78.6. The maximum atomic E-state index is 15.5. The molecule has 15 heteroatoms. The van der Waals surface area contributed by atoms with Crippen LogP contribution in [0.4, 0.5) is 8.78 Å². The zero-order valence-corrected chi connectivity index (χ0v) is 19.6. The lowest BCUT2D eigenvalue weighted by Crippen LogP contribution is -2.43. The Hall–Kier alpha value is -2.90. The molecule has 0 spiro atoms. The number of aliphatic hydroxyl groups excluding tert-OH is 1. The number of H-pyrrole nitrogens is 1. The van der Waals surface area contributed by atoms with Gasteiger partial charge in [-0.3, -0.25) is 23.7 Å². The van der Waals surface area contributed by atoms with E-state index in [9.17, 15) is 28.4 Å². The van der Waals surface area contributed by atoms with E-state index >= 15 is 4.39 Å². The lowest BCUT2D eigenvalue weighted by atomic mass is 9.98. The largest absolute Gasteiger partial charge is 0.468 e. The number of hydrogen-bond donors (Lipinski definition) is 3. The lowest BCUT2D eigenvalue weighted by Gasteiger charge is -2.25. The number of methoxy groups -OCH3 is 1. The molecule has 1 aliphatic heterocycles. The van der Waals surface area contributed by atoms with Crippen LogP contribution in [0.2, 0.25) is 0 Å². The van der Waals surface area contributed by atoms with E-state index in [-0.39, 0.29) is 5.75 Å². The van der Waals surface area contributed by atoms with Gasteiger partial charge in [0.05, 0.1) is 16.5 Å². The second-order valence-electron chi connectivity index (χ2n) is 7.70. The van der Waals surface area contributed by atoms with E-state index in [1.54, 1.807) is 4.98 Å². The number of hydrogen-bond acceptors (Lipinski definition) is 9. The van der Waals surface area contributed by atoms with Gasteiger partial charge in [-0.05, 0) is 38.1 Å². The van der Waals surface area contributed by atoms with Crippen molar-refractivity contribution in [2.24, 2.45) is 0 Å². The summed E-state index contributed by atoms with van der Waals surface area (Å²) in [5, 5.41) is 12.8. The van der Waals surface area contributed by atoms with Crippen molar-refractivity contribution in [2.75, 3.05) is 13.7 Å². The molecular formula is C20H24F2N3O9P. The number of ether oxygens (including phenoxy) is 2. The number of nitrogens with one attached hydrogen (secondary N) is 2. The Bertz CT molecular complexity index is 1320. The first kappa shape index (κ1) is 23.8. The van der Waals surface area contributed by atoms with Gasteiger partial charge >= 0.3 is 19.4 Å². The number of esters is 1. The zero-order chi connectivity index (χ0) is 27.7. The number of aromatic amines is 1. The van der Waals surface area contributed by atoms with Crippen molar-refractivity contribution in [3.05, 3.63) is 63.1 Å². The van der Waals surface area contributed by atoms with Gasteiger partial charge in [-0.1, -0.05) is 0 Å². The average Bonchev–Trinajstić information content (AvgIpc) is 3.05. The van der Waals surface area contributed by atoms with E-state index in [1.807, 2.05) is 0 Å². The first-order valence-corrected chi connectivity index (χ1v) is 11.6. The van der Waals surface area contributed by atoms with Crippen LogP contribution >= 0.6 is 7.75 Å². The number of halogens is 2. The van der Waals surface area contributed by atoms with Crippen molar-refractivity contribution in [3.8, 4) is 5.75 Å². The van der Waals surface area contributed by atoms with Gasteiger partial charge < -0.3 is 19.1 Å². The van der Waals surface area contributed by atoms with Gasteiger partial charge in [-0.2, -0.15) is 5.09 Å². The Morgan fingerprint density at radius 2 is 2.09 bits per heavy atom. The fraction of sp³-hybridized carbons (Fsp3) is 0.450. The SMILES string of the molecule is [2H]c1c([2H])n([C@@H]2O[C@H](COP(=O)(NC(C)C(=O)OC)Oc3ccc(F)cc3)[C@@H](O)[C@@]2(C)F)c(=O)[nH]c1=O. The van der Waals surface area contributed by atoms with Crippen LogP contribution in [0.15, 0.2) is 46.1 Å². The summed E-state index contributed by atoms with van der Waals surface area (Å²) in [6.45, 7) is 1.31. The van der Waals surface area contributed by atoms with Gasteiger partial charge in [0.2, 0.25) is 0 Å². The Morgan fingerprint density at radius 3 is 2.71 bits per heavy atom. The minimum Gasteiger partial charge on any atom is -0.468 e. The molecule has 2 aromatic rings. The van der Waals surface area contributed by atoms with Crippen molar-refractivity contribution in [3.63, 3.8) is 0 Å². The first-order chi connectivity index (χ1) is 17.2. The van der Waals surface area contributed by atoms with Crippen molar-refractivity contribution >= 4 is 13.7 Å². The predicted octanol–water partition coefficient (Wildman–Crippen LogP) is 1.02. The summed E-state index contributed by atoms with van der Waals surface area (Å²) >= 11 is 0. The predicted molar refractivity (Wildman–Crippen MR) is 116 cm³/mol. The third-order valence-corrected chi connectivity index (χ3v) is 6.68. The number of aromatic nitrogens is 2. The summed E-state index contributed by atoms with van der Waals surface area (Å²) in [4.78, 5) is 37.4. The fourth-order valence-corrected chi connectivity index (χ4v) is 4.71. The molecule has 2 unspecified atom stereocenters. The third kappa shape index (κ3) is 6.03. The molecule has 192 valence electrons. The molecule has 0 amide bonds. The number of alkyl halides is 1. The van der Waals surface area contributed by atoms with Crippen LogP contribution in [0, 0.1) is 5.82 Å². The van der Waals surface area contributed by atoms with Crippen LogP contribution in [0.3, 0.4) is 0 Å². The summed E-state index contributed by atoms with van der Waals surface area (Å²) in [7, 11) is -3.41. The molecule has 1 saturated heterocycles. The van der Waals surface area contributed by atoms with Crippen LogP contribution in [-0.2, 0) is 23.4 Å². The van der Waals surface area contributed by atoms with Crippen LogP contribution in [-0.4, -0.2) is 58.3 Å². The normalized spacial score (nSPS) is 27.4. The molecule has 1 fully saturated rings. The standard InChI is InChI=1S/C20H24F2N3O9P/c1-11(17(28)31-3)24-35(30,34-13-6-4-12(21)5-7-13)32-10-14-16(27)20(2,22)18(33-14)25-9-8-15(26)23-19(25)29/h4-9,11,14,16,18,27H,10H2,1-3H3,(H,24,30)(H,23,26,29)/t11?,14-,16-,18-,20-,35?/m1/s1/i8D,9D. The number of benzene rings is 1. The molecule has 0 radical (unpaired) electrons. The van der Waals surface area contributed by atoms with Crippen LogP contribution in [0.5, 0.6) is 5.75 Å². The molecule has 1 aromatic heterocycles. The van der Waals surface area contributed by atoms with E-state index in [0.29, 0.717) is 4.57 Å². The number of nitrogens with zero attached hydrogens (tertiary/aromatic N) is 1. The highest BCUT2D eigenvalue weighted by molar-refractivity contribution is 7.52. The number of carbonyl (C=O) groups excluding carboxylic acids is 1. The molecule has 12 nitrogen and oxygen atoms in total. The van der Waals surface area contributed by atoms with Gasteiger partial charge in [-0.15, -0.1) is 0 Å². The average molecular weight is 521 g/mol. The van der Waals surface area contributed by atoms with Crippen LogP contribution in [0.25, 0.3) is 0 Å². The topological polar surface area (TPSA) is 158 Å². The Kier molecular flexibility index (Phi) is 7.07. The molecule has 2 heterocycles. The monoisotopic (exact) mass is 521 g/mol. The zero-order valence-electron chi connectivity index (χ0n) is 20.7. The molecule has 3 N–H and O–H groups in total. The highest BCUT2D eigenvalue weighted by atomic mass is 31.2. The second-order valence-corrected chi connectivity index (χ2v) is 9.40. The third-order valence-electron chi connectivity index (χ3n) is 5.04. The molecule has 35 heavy (non-hydrogen) atoms. The van der Waals surface area contributed by atoms with Crippen LogP contribution in [0.1, 0.15) is 22.8 Å². The van der Waals surface area contributed by atoms with Crippen LogP contribution < -0.4 is 20.9 Å². The Balaban J connectivity index is 1.87. The first-order valence-electron chi connectivity index (χ1n) is 11.1. The quantitative estimate of drug-likeness (QED) is 0.321. The molecule has 3 rings (SSSR count). The van der Waals surface area contributed by atoms with E-state index in [1.165, 1.54) is 6.92 Å². The lowest BCUT2D eigenvalue weighted by molar-refractivity contribution is -0.142. The summed E-state index contributed by atoms with van der Waals surface area (Å²) in [6.07, 6.45) is -6.55. The number of rotatable bonds is 9. The Morgan fingerprint density at radius 1 is 1.43 bits per heavy atom. The second kappa shape index (κ2) is 10.4. The fourth-order valence-electron chi connectivity index (χ4n) is 3.20. The molecule has 0 aliphatic carbocycles. The minimum atomic E-state index is -4.50. The van der Waals surface area contributed by atoms with E-state index in [2.05, 4.69) is 9.82 Å². The van der Waals surface area contributed by atoms with Gasteiger partial charge in [0, 0.05) is 12.2 Å². The highest BCUT2D eigenvalue weighted by Gasteiger charge is 2.55. The molecule has 6 atom stereocenters. The maximum absolute atomic E-state index is 15.5. The maximum Gasteiger partial charge on any atom is 0.459 e. The number of carbonyl (C=O) groups is 1. The highest BCUT2D eigenvalue weighted by Crippen LogP contribution is 2.47. The van der Waals surface area contributed by atoms with Crippen molar-refractivity contribution < 1.29 is 44.5 Å². The summed E-state index contributed by atoms with van der Waals surface area (Å²) in [5.41, 5.74) is -5.17. The van der Waals surface area contributed by atoms with Gasteiger partial charge in [0.1, 0.15) is 29.8 Å². The van der Waals surface area contributed by atoms with Crippen molar-refractivity contribution in [1.29, 1.82) is 0 Å². The summed E-state index contributed by atoms with van der Waals surface area (Å²) in [5.74, 6) is -1.58. The summed E-state index contributed by atoms with van der Waals surface area (Å²) in [6, 6.07) is 2.10. The minimum absolute atomic E-state index is 0.128. The van der Waals surface area contributed by atoms with Crippen molar-refractivity contribution in [2.45, 2.75) is 44.0 Å². The van der Waals surface area contributed by atoms with Gasteiger partial charge in [0.15, 0.2) is 11.9 Å². The molecule has 0 bridgehead atoms. The molecular weight excluding hydrogens is 495 g/mol. The van der Waals surface area contributed by atoms with Gasteiger partial charge in [0.25, 0.3) is 5.56 Å². The Labute approximate surface area is 200 Å². The molecule has 1 aromatic carbocycles. The van der Waals surface area contributed by atoms with E-state index in [0.717, 1.165) is 38.3 Å². The van der Waals surface area contributed by atoms with Crippen molar-refractivity contribution in [1.82, 2.24) is 14.6 Å². The molecule has 1 aliphatic rings. The van der Waals surface area contributed by atoms with E-state index < -0.39 is 79.8 Å². The molecule has 0 saturated carbocycles. The smallest absolute Gasteiger partial charge is 0.459 e. The van der Waals surface area contributed by atoms with Gasteiger partial charge in [-0.25, -0.2) is 18.1 Å². The number of aliphatic hydroxyl groups is 1.